The maximum Gasteiger partial charge on any atom is 0.261 e. The van der Waals surface area contributed by atoms with Crippen molar-refractivity contribution in [1.82, 2.24) is 19.0 Å². The van der Waals surface area contributed by atoms with Crippen molar-refractivity contribution in [2.45, 2.75) is 38.3 Å². The monoisotopic (exact) mass is 488 g/mol. The van der Waals surface area contributed by atoms with Crippen molar-refractivity contribution in [2.24, 2.45) is 0 Å². The number of carbonyl (C=O) groups is 1. The van der Waals surface area contributed by atoms with Crippen LogP contribution in [0.2, 0.25) is 0 Å². The van der Waals surface area contributed by atoms with E-state index < -0.39 is 0 Å². The van der Waals surface area contributed by atoms with Gasteiger partial charge in [-0.1, -0.05) is 60.7 Å². The number of rotatable bonds is 3. The van der Waals surface area contributed by atoms with E-state index in [1.165, 1.54) is 11.1 Å². The number of nitrogens with zero attached hydrogens (tertiary/aromatic N) is 4. The van der Waals surface area contributed by atoms with Crippen molar-refractivity contribution in [3.8, 4) is 11.5 Å². The Morgan fingerprint density at radius 3 is 2.35 bits per heavy atom. The van der Waals surface area contributed by atoms with Gasteiger partial charge in [-0.05, 0) is 54.5 Å². The average Bonchev–Trinajstić information content (AvgIpc) is 3.27. The van der Waals surface area contributed by atoms with Crippen molar-refractivity contribution >= 4 is 27.7 Å². The maximum atomic E-state index is 13.6. The lowest BCUT2D eigenvalue weighted by Crippen LogP contribution is -2.40. The van der Waals surface area contributed by atoms with Crippen molar-refractivity contribution in [3.63, 3.8) is 0 Å². The molecular formula is C31H28N4O2. The minimum atomic E-state index is -0.0163. The molecule has 0 atom stereocenters. The molecule has 6 heteroatoms. The molecule has 1 fully saturated rings. The van der Waals surface area contributed by atoms with E-state index in [2.05, 4.69) is 41.0 Å². The SMILES string of the molecule is O=C(Cn1c2c(c3ccccc31)CCn1c-2nc2ccccc2c1=O)N1CCC(c2ccccc2)CC1. The highest BCUT2D eigenvalue weighted by Gasteiger charge is 2.30. The van der Waals surface area contributed by atoms with Gasteiger partial charge >= 0.3 is 0 Å². The zero-order valence-electron chi connectivity index (χ0n) is 20.6. The van der Waals surface area contributed by atoms with Crippen LogP contribution in [0.5, 0.6) is 0 Å². The Hall–Kier alpha value is -4.19. The van der Waals surface area contributed by atoms with E-state index in [1.54, 1.807) is 4.57 Å². The first-order valence-corrected chi connectivity index (χ1v) is 13.1. The lowest BCUT2D eigenvalue weighted by molar-refractivity contribution is -0.132. The van der Waals surface area contributed by atoms with Gasteiger partial charge in [0.05, 0.1) is 16.6 Å². The molecule has 0 radical (unpaired) electrons. The molecule has 3 aromatic carbocycles. The number of hydrogen-bond donors (Lipinski definition) is 0. The van der Waals surface area contributed by atoms with Crippen LogP contribution in [0.15, 0.2) is 83.7 Å². The summed E-state index contributed by atoms with van der Waals surface area (Å²) in [5, 5.41) is 1.77. The maximum absolute atomic E-state index is 13.6. The Kier molecular flexibility index (Phi) is 5.20. The Morgan fingerprint density at radius 1 is 0.838 bits per heavy atom. The third kappa shape index (κ3) is 3.58. The molecule has 0 aliphatic carbocycles. The molecule has 184 valence electrons. The van der Waals surface area contributed by atoms with Gasteiger partial charge in [0.1, 0.15) is 6.54 Å². The molecule has 0 bridgehead atoms. The minimum absolute atomic E-state index is 0.0163. The molecule has 5 aromatic rings. The van der Waals surface area contributed by atoms with Crippen LogP contribution in [0.25, 0.3) is 33.3 Å². The number of benzene rings is 3. The molecule has 0 unspecified atom stereocenters. The van der Waals surface area contributed by atoms with Gasteiger partial charge in [0.15, 0.2) is 5.82 Å². The molecule has 0 spiro atoms. The molecule has 0 N–H and O–H groups in total. The minimum Gasteiger partial charge on any atom is -0.341 e. The lowest BCUT2D eigenvalue weighted by Gasteiger charge is -2.32. The number of hydrogen-bond acceptors (Lipinski definition) is 3. The van der Waals surface area contributed by atoms with Crippen molar-refractivity contribution in [3.05, 3.63) is 100 Å². The topological polar surface area (TPSA) is 60.1 Å². The fourth-order valence-corrected chi connectivity index (χ4v) is 6.25. The van der Waals surface area contributed by atoms with Crippen LogP contribution in [-0.4, -0.2) is 38.0 Å². The standard InChI is InChI=1S/C31H28N4O2/c36-28(33-17-14-22(15-18-33)21-8-2-1-3-9-21)20-35-27-13-7-5-10-23(27)24-16-19-34-30(29(24)35)32-26-12-6-4-11-25(26)31(34)37/h1-13,22H,14-20H2. The predicted octanol–water partition coefficient (Wildman–Crippen LogP) is 4.98. The summed E-state index contributed by atoms with van der Waals surface area (Å²) in [6.07, 6.45) is 2.70. The van der Waals surface area contributed by atoms with E-state index in [-0.39, 0.29) is 18.0 Å². The number of amides is 1. The zero-order chi connectivity index (χ0) is 24.9. The molecule has 4 heterocycles. The van der Waals surface area contributed by atoms with E-state index in [9.17, 15) is 9.59 Å². The van der Waals surface area contributed by atoms with E-state index in [0.29, 0.717) is 29.2 Å². The summed E-state index contributed by atoms with van der Waals surface area (Å²) < 4.78 is 3.89. The number of fused-ring (bicyclic) bond motifs is 6. The normalized spacial score (nSPS) is 15.6. The first-order chi connectivity index (χ1) is 18.2. The number of aromatic nitrogens is 3. The first kappa shape index (κ1) is 22.0. The van der Waals surface area contributed by atoms with Crippen LogP contribution in [0.3, 0.4) is 0 Å². The average molecular weight is 489 g/mol. The molecule has 6 nitrogen and oxygen atoms in total. The number of carbonyl (C=O) groups excluding carboxylic acids is 1. The van der Waals surface area contributed by atoms with Gasteiger partial charge in [-0.15, -0.1) is 0 Å². The summed E-state index contributed by atoms with van der Waals surface area (Å²) >= 11 is 0. The van der Waals surface area contributed by atoms with E-state index in [1.807, 2.05) is 47.4 Å². The molecule has 2 aromatic heterocycles. The van der Waals surface area contributed by atoms with Crippen LogP contribution in [0.4, 0.5) is 0 Å². The molecule has 1 amide bonds. The summed E-state index contributed by atoms with van der Waals surface area (Å²) in [6, 6.07) is 26.4. The molecule has 1 saturated heterocycles. The molecule has 2 aliphatic heterocycles. The third-order valence-corrected chi connectivity index (χ3v) is 8.15. The number of para-hydroxylation sites is 2. The first-order valence-electron chi connectivity index (χ1n) is 13.1. The fourth-order valence-electron chi connectivity index (χ4n) is 6.25. The summed E-state index contributed by atoms with van der Waals surface area (Å²) in [7, 11) is 0. The number of piperidine rings is 1. The van der Waals surface area contributed by atoms with Crippen molar-refractivity contribution in [1.29, 1.82) is 0 Å². The van der Waals surface area contributed by atoms with Crippen molar-refractivity contribution < 1.29 is 4.79 Å². The fraction of sp³-hybridized carbons (Fsp3) is 0.258. The van der Waals surface area contributed by atoms with Gasteiger partial charge in [0, 0.05) is 30.5 Å². The molecule has 0 saturated carbocycles. The third-order valence-electron chi connectivity index (χ3n) is 8.15. The summed E-state index contributed by atoms with van der Waals surface area (Å²) in [6.45, 7) is 2.36. The summed E-state index contributed by atoms with van der Waals surface area (Å²) in [5.74, 6) is 1.29. The second kappa shape index (κ2) is 8.73. The van der Waals surface area contributed by atoms with Crippen LogP contribution >= 0.6 is 0 Å². The van der Waals surface area contributed by atoms with Gasteiger partial charge in [-0.3, -0.25) is 14.2 Å². The highest BCUT2D eigenvalue weighted by Crippen LogP contribution is 2.37. The lowest BCUT2D eigenvalue weighted by atomic mass is 9.89. The van der Waals surface area contributed by atoms with Crippen LogP contribution in [-0.2, 0) is 24.3 Å². The second-order valence-corrected chi connectivity index (χ2v) is 10.2. The molecule has 2 aliphatic rings. The Morgan fingerprint density at radius 2 is 1.54 bits per heavy atom. The van der Waals surface area contributed by atoms with Crippen LogP contribution < -0.4 is 5.56 Å². The number of likely N-dealkylation sites (tertiary alicyclic amines) is 1. The largest absolute Gasteiger partial charge is 0.341 e. The Bertz CT molecular complexity index is 1710. The Balaban J connectivity index is 1.26. The summed E-state index contributed by atoms with van der Waals surface area (Å²) in [4.78, 5) is 34.0. The smallest absolute Gasteiger partial charge is 0.261 e. The summed E-state index contributed by atoms with van der Waals surface area (Å²) in [5.41, 5.74) is 5.14. The predicted molar refractivity (Wildman–Crippen MR) is 146 cm³/mol. The van der Waals surface area contributed by atoms with Crippen molar-refractivity contribution in [2.75, 3.05) is 13.1 Å². The van der Waals surface area contributed by atoms with Gasteiger partial charge in [0.2, 0.25) is 5.91 Å². The zero-order valence-corrected chi connectivity index (χ0v) is 20.6. The molecular weight excluding hydrogens is 460 g/mol. The van der Waals surface area contributed by atoms with E-state index in [0.717, 1.165) is 48.9 Å². The van der Waals surface area contributed by atoms with Gasteiger partial charge in [-0.25, -0.2) is 4.98 Å². The van der Waals surface area contributed by atoms with E-state index >= 15 is 0 Å². The van der Waals surface area contributed by atoms with Crippen LogP contribution in [0.1, 0.15) is 29.9 Å². The highest BCUT2D eigenvalue weighted by molar-refractivity contribution is 5.94. The molecule has 7 rings (SSSR count). The molecule has 37 heavy (non-hydrogen) atoms. The van der Waals surface area contributed by atoms with Crippen LogP contribution in [0, 0.1) is 0 Å². The highest BCUT2D eigenvalue weighted by atomic mass is 16.2. The van der Waals surface area contributed by atoms with E-state index in [4.69, 9.17) is 4.98 Å². The van der Waals surface area contributed by atoms with Gasteiger partial charge in [0.25, 0.3) is 5.56 Å². The quantitative estimate of drug-likeness (QED) is 0.360. The van der Waals surface area contributed by atoms with Gasteiger partial charge in [-0.2, -0.15) is 0 Å². The second-order valence-electron chi connectivity index (χ2n) is 10.2. The van der Waals surface area contributed by atoms with Gasteiger partial charge < -0.3 is 9.47 Å². The Labute approximate surface area is 214 Å². The number of aryl methyl sites for hydroxylation is 1.